The van der Waals surface area contributed by atoms with E-state index in [1.807, 2.05) is 6.26 Å². The predicted molar refractivity (Wildman–Crippen MR) is 50.9 cm³/mol. The van der Waals surface area contributed by atoms with Crippen LogP contribution in [0.5, 0.6) is 0 Å². The summed E-state index contributed by atoms with van der Waals surface area (Å²) in [5.41, 5.74) is 5.19. The molecule has 0 fully saturated rings. The van der Waals surface area contributed by atoms with E-state index in [2.05, 4.69) is 0 Å². The normalized spacial score (nSPS) is 11.7. The molecule has 0 saturated carbocycles. The van der Waals surface area contributed by atoms with Crippen LogP contribution >= 0.6 is 11.8 Å². The van der Waals surface area contributed by atoms with Crippen LogP contribution in [0.4, 0.5) is 0 Å². The van der Waals surface area contributed by atoms with E-state index < -0.39 is 22.4 Å². The van der Waals surface area contributed by atoms with Crippen molar-refractivity contribution in [2.75, 3.05) is 12.0 Å². The number of thioether (sulfide) groups is 1. The second kappa shape index (κ2) is 10.8. The van der Waals surface area contributed by atoms with E-state index in [1.165, 1.54) is 0 Å². The predicted octanol–water partition coefficient (Wildman–Crippen LogP) is -0.846. The molecule has 0 aliphatic carbocycles. The molecule has 0 aromatic heterocycles. The van der Waals surface area contributed by atoms with Crippen molar-refractivity contribution in [2.45, 2.75) is 12.5 Å². The molecular formula is C5H12NO6S2Zn-. The molecule has 0 rings (SSSR count). The van der Waals surface area contributed by atoms with E-state index in [9.17, 15) is 4.79 Å². The Hall–Kier alpha value is 0.273. The molecule has 0 aliphatic rings. The smallest absolute Gasteiger partial charge is 0.320 e. The Morgan fingerprint density at radius 1 is 1.60 bits per heavy atom. The van der Waals surface area contributed by atoms with Crippen LogP contribution in [0.25, 0.3) is 0 Å². The van der Waals surface area contributed by atoms with Crippen molar-refractivity contribution in [1.82, 2.24) is 0 Å². The monoisotopic (exact) mass is 310 g/mol. The van der Waals surface area contributed by atoms with Crippen LogP contribution < -0.4 is 5.73 Å². The van der Waals surface area contributed by atoms with E-state index in [4.69, 9.17) is 28.4 Å². The van der Waals surface area contributed by atoms with Crippen LogP contribution in [0.15, 0.2) is 0 Å². The van der Waals surface area contributed by atoms with Crippen LogP contribution in [0.3, 0.4) is 0 Å². The molecule has 0 spiro atoms. The number of aliphatic carboxylic acids is 1. The molecule has 15 heavy (non-hydrogen) atoms. The van der Waals surface area contributed by atoms with Crippen molar-refractivity contribution < 1.29 is 46.9 Å². The molecule has 1 atom stereocenters. The van der Waals surface area contributed by atoms with Crippen molar-refractivity contribution >= 4 is 28.1 Å². The SMILES string of the molecule is CSCCC(N)C(=O)O.O=S(=O)([O-])O.[Zn]. The maximum atomic E-state index is 10.1. The summed E-state index contributed by atoms with van der Waals surface area (Å²) in [5.74, 6) is -0.1000. The summed E-state index contributed by atoms with van der Waals surface area (Å²) in [4.78, 5) is 10.1. The van der Waals surface area contributed by atoms with Crippen molar-refractivity contribution in [1.29, 1.82) is 0 Å². The van der Waals surface area contributed by atoms with Crippen LogP contribution in [0, 0.1) is 0 Å². The van der Waals surface area contributed by atoms with Gasteiger partial charge < -0.3 is 15.4 Å². The minimum Gasteiger partial charge on any atom is -0.726 e. The van der Waals surface area contributed by atoms with Crippen LogP contribution in [-0.4, -0.2) is 46.6 Å². The summed E-state index contributed by atoms with van der Waals surface area (Å²) in [5, 5.41) is 8.27. The maximum Gasteiger partial charge on any atom is 0.320 e. The van der Waals surface area contributed by atoms with Crippen LogP contribution in [0.2, 0.25) is 0 Å². The molecule has 0 radical (unpaired) electrons. The number of carboxylic acid groups (broad SMARTS) is 1. The third kappa shape index (κ3) is 31.4. The zero-order chi connectivity index (χ0) is 11.8. The number of carboxylic acids is 1. The molecule has 10 heteroatoms. The molecule has 0 bridgehead atoms. The van der Waals surface area contributed by atoms with E-state index in [0.29, 0.717) is 6.42 Å². The Kier molecular flexibility index (Phi) is 14.8. The van der Waals surface area contributed by atoms with Gasteiger partial charge in [0.1, 0.15) is 6.04 Å². The van der Waals surface area contributed by atoms with Crippen molar-refractivity contribution in [3.63, 3.8) is 0 Å². The van der Waals surface area contributed by atoms with Gasteiger partial charge >= 0.3 is 5.97 Å². The molecule has 1 unspecified atom stereocenters. The summed E-state index contributed by atoms with van der Waals surface area (Å²) in [6, 6.07) is -0.683. The van der Waals surface area contributed by atoms with E-state index >= 15 is 0 Å². The third-order valence-corrected chi connectivity index (χ3v) is 1.59. The molecule has 4 N–H and O–H groups in total. The van der Waals surface area contributed by atoms with Crippen LogP contribution in [-0.2, 0) is 34.7 Å². The first-order chi connectivity index (χ1) is 6.18. The van der Waals surface area contributed by atoms with E-state index in [0.717, 1.165) is 5.75 Å². The number of nitrogens with two attached hydrogens (primary N) is 1. The van der Waals surface area contributed by atoms with Gasteiger partial charge in [-0.05, 0) is 18.4 Å². The Bertz CT molecular complexity index is 248. The largest absolute Gasteiger partial charge is 0.726 e. The molecule has 88 valence electrons. The van der Waals surface area contributed by atoms with Crippen molar-refractivity contribution in [3.8, 4) is 0 Å². The first kappa shape index (κ1) is 20.7. The fourth-order valence-electron chi connectivity index (χ4n) is 0.368. The number of rotatable bonds is 4. The summed E-state index contributed by atoms with van der Waals surface area (Å²) in [7, 11) is -4.92. The van der Waals surface area contributed by atoms with Gasteiger partial charge in [-0.1, -0.05) is 0 Å². The quantitative estimate of drug-likeness (QED) is 0.346. The first-order valence-corrected chi connectivity index (χ1v) is 6.10. The van der Waals surface area contributed by atoms with Crippen molar-refractivity contribution in [2.24, 2.45) is 5.73 Å². The van der Waals surface area contributed by atoms with Gasteiger partial charge in [0, 0.05) is 19.5 Å². The Balaban J connectivity index is -0.000000208. The van der Waals surface area contributed by atoms with Gasteiger partial charge in [-0.25, -0.2) is 8.42 Å². The summed E-state index contributed by atoms with van der Waals surface area (Å²) >= 11 is 1.60. The zero-order valence-corrected chi connectivity index (χ0v) is 12.7. The molecule has 0 amide bonds. The van der Waals surface area contributed by atoms with Crippen molar-refractivity contribution in [3.05, 3.63) is 0 Å². The molecule has 0 aliphatic heterocycles. The zero-order valence-electron chi connectivity index (χ0n) is 8.12. The second-order valence-electron chi connectivity index (χ2n) is 2.15. The molecule has 0 saturated heterocycles. The van der Waals surface area contributed by atoms with Gasteiger partial charge in [-0.3, -0.25) is 9.35 Å². The average Bonchev–Trinajstić information content (AvgIpc) is 1.96. The number of carbonyl (C=O) groups is 1. The third-order valence-electron chi connectivity index (χ3n) is 0.950. The molecule has 0 aromatic rings. The maximum absolute atomic E-state index is 10.1. The van der Waals surface area contributed by atoms with Crippen LogP contribution in [0.1, 0.15) is 6.42 Å². The van der Waals surface area contributed by atoms with E-state index in [1.54, 1.807) is 11.8 Å². The fraction of sp³-hybridized carbons (Fsp3) is 0.800. The average molecular weight is 312 g/mol. The topological polar surface area (TPSA) is 141 Å². The van der Waals surface area contributed by atoms with Gasteiger partial charge in [0.2, 0.25) is 10.4 Å². The Morgan fingerprint density at radius 3 is 2.13 bits per heavy atom. The Labute approximate surface area is 105 Å². The molecule has 0 aromatic carbocycles. The standard InChI is InChI=1S/C5H11NO2S.H2O4S.Zn/c1-9-3-2-4(6)5(7)8;1-5(2,3)4;/h4H,2-3,6H2,1H3,(H,7,8);(H2,1,2,3,4);/p-1. The second-order valence-corrected chi connectivity index (χ2v) is 3.99. The molecular weight excluding hydrogens is 300 g/mol. The van der Waals surface area contributed by atoms with Gasteiger partial charge in [0.05, 0.1) is 0 Å². The Morgan fingerprint density at radius 2 is 1.93 bits per heavy atom. The summed E-state index contributed by atoms with van der Waals surface area (Å²) in [6.07, 6.45) is 2.48. The summed E-state index contributed by atoms with van der Waals surface area (Å²) < 4.78 is 32.8. The van der Waals surface area contributed by atoms with Gasteiger partial charge in [0.15, 0.2) is 0 Å². The van der Waals surface area contributed by atoms with E-state index in [-0.39, 0.29) is 19.5 Å². The first-order valence-electron chi connectivity index (χ1n) is 3.34. The minimum absolute atomic E-state index is 0. The number of hydrogen-bond acceptors (Lipinski definition) is 6. The van der Waals surface area contributed by atoms with Gasteiger partial charge in [-0.15, -0.1) is 0 Å². The number of hydrogen-bond donors (Lipinski definition) is 3. The minimum atomic E-state index is -4.92. The van der Waals surface area contributed by atoms with Gasteiger partial charge in [-0.2, -0.15) is 11.8 Å². The fourth-order valence-corrected chi connectivity index (χ4v) is 0.858. The van der Waals surface area contributed by atoms with Gasteiger partial charge in [0.25, 0.3) is 0 Å². The molecule has 7 nitrogen and oxygen atoms in total. The molecule has 0 heterocycles. The summed E-state index contributed by atoms with van der Waals surface area (Å²) in [6.45, 7) is 0.